The van der Waals surface area contributed by atoms with Crippen molar-refractivity contribution < 1.29 is 14.3 Å². The molecule has 0 saturated heterocycles. The highest BCUT2D eigenvalue weighted by Crippen LogP contribution is 2.30. The Kier molecular flexibility index (Phi) is 6.31. The van der Waals surface area contributed by atoms with Gasteiger partial charge < -0.3 is 10.1 Å². The van der Waals surface area contributed by atoms with Crippen LogP contribution in [0, 0.1) is 12.8 Å². The third-order valence-corrected chi connectivity index (χ3v) is 4.60. The smallest absolute Gasteiger partial charge is 0.277 e. The number of nitrogens with one attached hydrogen (secondary N) is 2. The molecule has 0 spiro atoms. The van der Waals surface area contributed by atoms with Gasteiger partial charge in [0.2, 0.25) is 5.91 Å². The number of benzene rings is 2. The fourth-order valence-electron chi connectivity index (χ4n) is 2.55. The zero-order valence-corrected chi connectivity index (χ0v) is 16.5. The van der Waals surface area contributed by atoms with Crippen LogP contribution in [-0.4, -0.2) is 24.1 Å². The fraction of sp³-hybridized carbons (Fsp3) is 0.286. The minimum atomic E-state index is -0.359. The van der Waals surface area contributed by atoms with E-state index in [0.717, 1.165) is 29.7 Å². The van der Waals surface area contributed by atoms with E-state index in [1.165, 1.54) is 0 Å². The molecule has 2 N–H and O–H groups in total. The zero-order chi connectivity index (χ0) is 20.1. The summed E-state index contributed by atoms with van der Waals surface area (Å²) in [7, 11) is 0. The molecule has 1 aliphatic rings. The molecule has 0 radical (unpaired) electrons. The van der Waals surface area contributed by atoms with Gasteiger partial charge in [0.15, 0.2) is 6.61 Å². The number of anilines is 1. The Balaban J connectivity index is 1.50. The molecular formula is C21H22ClN3O3. The quantitative estimate of drug-likeness (QED) is 0.547. The van der Waals surface area contributed by atoms with Crippen LogP contribution in [0.4, 0.5) is 5.69 Å². The number of amides is 2. The minimum absolute atomic E-state index is 0.0707. The summed E-state index contributed by atoms with van der Waals surface area (Å²) in [4.78, 5) is 23.7. The van der Waals surface area contributed by atoms with Crippen molar-refractivity contribution in [2.75, 3.05) is 11.9 Å². The highest BCUT2D eigenvalue weighted by molar-refractivity contribution is 6.30. The molecule has 146 valence electrons. The monoisotopic (exact) mass is 399 g/mol. The van der Waals surface area contributed by atoms with Gasteiger partial charge in [0.1, 0.15) is 5.75 Å². The number of hydrogen-bond donors (Lipinski definition) is 2. The molecule has 0 unspecified atom stereocenters. The van der Waals surface area contributed by atoms with Gasteiger partial charge in [0.05, 0.1) is 5.71 Å². The van der Waals surface area contributed by atoms with Gasteiger partial charge >= 0.3 is 0 Å². The summed E-state index contributed by atoms with van der Waals surface area (Å²) in [6.45, 7) is 3.51. The molecule has 0 aromatic heterocycles. The van der Waals surface area contributed by atoms with E-state index in [0.29, 0.717) is 16.5 Å². The second-order valence-electron chi connectivity index (χ2n) is 6.77. The summed E-state index contributed by atoms with van der Waals surface area (Å²) in [5.41, 5.74) is 5.59. The number of nitrogens with zero attached hydrogens (tertiary/aromatic N) is 1. The lowest BCUT2D eigenvalue weighted by Gasteiger charge is -2.09. The maximum Gasteiger partial charge on any atom is 0.277 e. The molecule has 3 rings (SSSR count). The molecular weight excluding hydrogens is 378 g/mol. The van der Waals surface area contributed by atoms with Crippen molar-refractivity contribution in [3.63, 3.8) is 0 Å². The first-order chi connectivity index (χ1) is 13.4. The summed E-state index contributed by atoms with van der Waals surface area (Å²) < 4.78 is 5.49. The third kappa shape index (κ3) is 5.57. The Bertz CT molecular complexity index is 906. The first-order valence-corrected chi connectivity index (χ1v) is 9.43. The number of aryl methyl sites for hydroxylation is 1. The van der Waals surface area contributed by atoms with Crippen molar-refractivity contribution in [2.45, 2.75) is 26.7 Å². The Morgan fingerprint density at radius 1 is 1.18 bits per heavy atom. The molecule has 2 aromatic carbocycles. The molecule has 7 heteroatoms. The van der Waals surface area contributed by atoms with Crippen LogP contribution in [0.15, 0.2) is 47.6 Å². The Hall–Kier alpha value is -2.86. The molecule has 0 aliphatic heterocycles. The van der Waals surface area contributed by atoms with E-state index in [1.54, 1.807) is 25.1 Å². The molecule has 6 nitrogen and oxygen atoms in total. The van der Waals surface area contributed by atoms with Gasteiger partial charge in [-0.3, -0.25) is 9.59 Å². The topological polar surface area (TPSA) is 79.8 Å². The van der Waals surface area contributed by atoms with Crippen LogP contribution < -0.4 is 15.5 Å². The number of carbonyl (C=O) groups is 2. The zero-order valence-electron chi connectivity index (χ0n) is 15.8. The number of hydrogen-bond acceptors (Lipinski definition) is 4. The summed E-state index contributed by atoms with van der Waals surface area (Å²) in [5.74, 6) is 0.476. The van der Waals surface area contributed by atoms with E-state index in [9.17, 15) is 9.59 Å². The van der Waals surface area contributed by atoms with E-state index in [4.69, 9.17) is 16.3 Å². The van der Waals surface area contributed by atoms with Crippen LogP contribution in [0.1, 0.15) is 30.9 Å². The molecule has 2 amide bonds. The van der Waals surface area contributed by atoms with E-state index in [1.807, 2.05) is 31.2 Å². The number of ether oxygens (including phenoxy) is 1. The average Bonchev–Trinajstić information content (AvgIpc) is 3.51. The van der Waals surface area contributed by atoms with Crippen molar-refractivity contribution in [1.82, 2.24) is 5.43 Å². The van der Waals surface area contributed by atoms with E-state index < -0.39 is 0 Å². The number of carbonyl (C=O) groups excluding carboxylic acids is 2. The van der Waals surface area contributed by atoms with Crippen molar-refractivity contribution in [1.29, 1.82) is 0 Å². The lowest BCUT2D eigenvalue weighted by Crippen LogP contribution is -2.25. The number of halogens is 1. The lowest BCUT2D eigenvalue weighted by molar-refractivity contribution is -0.123. The van der Waals surface area contributed by atoms with Gasteiger partial charge in [-0.25, -0.2) is 5.43 Å². The maximum absolute atomic E-state index is 12.0. The van der Waals surface area contributed by atoms with Gasteiger partial charge in [-0.15, -0.1) is 0 Å². The average molecular weight is 400 g/mol. The molecule has 0 atom stereocenters. The Morgan fingerprint density at radius 2 is 1.89 bits per heavy atom. The molecule has 2 aromatic rings. The second-order valence-corrected chi connectivity index (χ2v) is 7.21. The number of hydrazone groups is 1. The van der Waals surface area contributed by atoms with E-state index in [-0.39, 0.29) is 24.3 Å². The Labute approximate surface area is 168 Å². The van der Waals surface area contributed by atoms with Crippen molar-refractivity contribution in [2.24, 2.45) is 11.0 Å². The van der Waals surface area contributed by atoms with Gasteiger partial charge in [-0.2, -0.15) is 5.10 Å². The molecule has 1 fully saturated rings. The summed E-state index contributed by atoms with van der Waals surface area (Å²) in [5, 5.41) is 7.61. The second kappa shape index (κ2) is 8.89. The molecule has 28 heavy (non-hydrogen) atoms. The molecule has 1 saturated carbocycles. The number of rotatable bonds is 7. The standard InChI is InChI=1S/C21H22ClN3O3/c1-13-11-17(22)7-10-19(13)28-12-20(26)25-24-14(2)15-5-8-18(9-6-15)23-21(27)16-3-4-16/h5-11,16H,3-4,12H2,1-2H3,(H,23,27)(H,25,26). The van der Waals surface area contributed by atoms with Gasteiger partial charge in [-0.05, 0) is 68.1 Å². The highest BCUT2D eigenvalue weighted by Gasteiger charge is 2.29. The van der Waals surface area contributed by atoms with Crippen LogP contribution >= 0.6 is 11.6 Å². The minimum Gasteiger partial charge on any atom is -0.483 e. The summed E-state index contributed by atoms with van der Waals surface area (Å²) in [6.07, 6.45) is 1.94. The van der Waals surface area contributed by atoms with E-state index >= 15 is 0 Å². The van der Waals surface area contributed by atoms with Gasteiger partial charge in [0.25, 0.3) is 5.91 Å². The lowest BCUT2D eigenvalue weighted by atomic mass is 10.1. The molecule has 0 bridgehead atoms. The van der Waals surface area contributed by atoms with Crippen LogP contribution in [0.5, 0.6) is 5.75 Å². The van der Waals surface area contributed by atoms with Gasteiger partial charge in [-0.1, -0.05) is 23.7 Å². The predicted molar refractivity (Wildman–Crippen MR) is 110 cm³/mol. The van der Waals surface area contributed by atoms with Crippen LogP contribution in [-0.2, 0) is 9.59 Å². The van der Waals surface area contributed by atoms with Gasteiger partial charge in [0, 0.05) is 16.6 Å². The Morgan fingerprint density at radius 3 is 2.54 bits per heavy atom. The first kappa shape index (κ1) is 19.9. The molecule has 1 aliphatic carbocycles. The van der Waals surface area contributed by atoms with E-state index in [2.05, 4.69) is 15.8 Å². The van der Waals surface area contributed by atoms with Crippen LogP contribution in [0.3, 0.4) is 0 Å². The van der Waals surface area contributed by atoms with Crippen LogP contribution in [0.2, 0.25) is 5.02 Å². The van der Waals surface area contributed by atoms with Crippen molar-refractivity contribution in [3.8, 4) is 5.75 Å². The predicted octanol–water partition coefficient (Wildman–Crippen LogP) is 3.92. The normalized spacial score (nSPS) is 13.8. The maximum atomic E-state index is 12.0. The summed E-state index contributed by atoms with van der Waals surface area (Å²) in [6, 6.07) is 12.5. The van der Waals surface area contributed by atoms with Crippen LogP contribution in [0.25, 0.3) is 0 Å². The SMILES string of the molecule is CC(=NNC(=O)COc1ccc(Cl)cc1C)c1ccc(NC(=O)C2CC2)cc1. The highest BCUT2D eigenvalue weighted by atomic mass is 35.5. The fourth-order valence-corrected chi connectivity index (χ4v) is 2.77. The summed E-state index contributed by atoms with van der Waals surface area (Å²) >= 11 is 5.90. The first-order valence-electron chi connectivity index (χ1n) is 9.06. The van der Waals surface area contributed by atoms with Crippen molar-refractivity contribution in [3.05, 3.63) is 58.6 Å². The third-order valence-electron chi connectivity index (χ3n) is 4.36. The van der Waals surface area contributed by atoms with Crippen molar-refractivity contribution >= 4 is 34.8 Å². The molecule has 0 heterocycles. The largest absolute Gasteiger partial charge is 0.483 e.